The maximum atomic E-state index is 13.9. The first-order valence-corrected chi connectivity index (χ1v) is 7.40. The van der Waals surface area contributed by atoms with Gasteiger partial charge in [-0.3, -0.25) is 4.79 Å². The largest absolute Gasteiger partial charge is 0.481 e. The summed E-state index contributed by atoms with van der Waals surface area (Å²) in [5.74, 6) is -1.11. The zero-order chi connectivity index (χ0) is 15.0. The first kappa shape index (κ1) is 14.1. The van der Waals surface area contributed by atoms with Crippen LogP contribution in [0.25, 0.3) is 10.2 Å². The highest BCUT2D eigenvalue weighted by molar-refractivity contribution is 9.10. The fourth-order valence-corrected chi connectivity index (χ4v) is 3.20. The number of nitrogens with zero attached hydrogens (tertiary/aromatic N) is 3. The summed E-state index contributed by atoms with van der Waals surface area (Å²) in [6.07, 6.45) is -0.0859. The number of carboxylic acids is 1. The number of carbonyl (C=O) groups is 1. The van der Waals surface area contributed by atoms with Gasteiger partial charge in [0.2, 0.25) is 11.8 Å². The third kappa shape index (κ3) is 2.93. The van der Waals surface area contributed by atoms with E-state index in [-0.39, 0.29) is 30.4 Å². The van der Waals surface area contributed by atoms with Crippen molar-refractivity contribution in [2.75, 3.05) is 0 Å². The van der Waals surface area contributed by atoms with E-state index in [0.717, 1.165) is 0 Å². The Morgan fingerprint density at radius 3 is 2.90 bits per heavy atom. The number of rotatable bonds is 4. The number of aromatic nitrogens is 3. The average molecular weight is 372 g/mol. The summed E-state index contributed by atoms with van der Waals surface area (Å²) < 4.78 is 19.9. The second-order valence-corrected chi connectivity index (χ2v) is 6.09. The smallest absolute Gasteiger partial charge is 0.312 e. The lowest BCUT2D eigenvalue weighted by molar-refractivity contribution is -0.136. The predicted molar refractivity (Wildman–Crippen MR) is 75.7 cm³/mol. The van der Waals surface area contributed by atoms with E-state index in [0.29, 0.717) is 19.7 Å². The zero-order valence-electron chi connectivity index (χ0n) is 10.3. The topological polar surface area (TPSA) is 89.1 Å². The molecule has 6 nitrogen and oxygen atoms in total. The summed E-state index contributed by atoms with van der Waals surface area (Å²) in [4.78, 5) is 14.8. The summed E-state index contributed by atoms with van der Waals surface area (Å²) >= 11 is 4.32. The van der Waals surface area contributed by atoms with Crippen LogP contribution in [0.5, 0.6) is 0 Å². The Hall–Kier alpha value is -1.87. The van der Waals surface area contributed by atoms with Crippen molar-refractivity contribution < 1.29 is 18.7 Å². The number of fused-ring (bicyclic) bond motifs is 1. The van der Waals surface area contributed by atoms with Crippen molar-refractivity contribution in [2.24, 2.45) is 0 Å². The minimum atomic E-state index is -1.04. The van der Waals surface area contributed by atoms with Gasteiger partial charge < -0.3 is 9.52 Å². The maximum Gasteiger partial charge on any atom is 0.312 e. The summed E-state index contributed by atoms with van der Waals surface area (Å²) in [6, 6.07) is 3.31. The van der Waals surface area contributed by atoms with Crippen LogP contribution in [0.3, 0.4) is 0 Å². The number of carboxylic acid groups (broad SMARTS) is 1. The second kappa shape index (κ2) is 5.49. The number of hydrogen-bond donors (Lipinski definition) is 1. The van der Waals surface area contributed by atoms with E-state index in [1.807, 2.05) is 0 Å². The van der Waals surface area contributed by atoms with Crippen molar-refractivity contribution in [2.45, 2.75) is 12.8 Å². The highest BCUT2D eigenvalue weighted by Crippen LogP contribution is 2.30. The maximum absolute atomic E-state index is 13.9. The fourth-order valence-electron chi connectivity index (χ4n) is 1.75. The fraction of sp³-hybridized carbons (Fsp3) is 0.167. The van der Waals surface area contributed by atoms with Gasteiger partial charge in [-0.15, -0.1) is 21.5 Å². The van der Waals surface area contributed by atoms with Gasteiger partial charge in [-0.2, -0.15) is 0 Å². The number of thiazole rings is 1. The van der Waals surface area contributed by atoms with Gasteiger partial charge in [0.1, 0.15) is 11.4 Å². The number of aliphatic carboxylic acids is 1. The molecule has 0 aliphatic heterocycles. The molecule has 2 heterocycles. The van der Waals surface area contributed by atoms with Crippen molar-refractivity contribution >= 4 is 43.5 Å². The Bertz CT molecular complexity index is 832. The molecule has 9 heteroatoms. The minimum absolute atomic E-state index is 0.0348. The van der Waals surface area contributed by atoms with E-state index in [4.69, 9.17) is 9.52 Å². The SMILES string of the molecule is O=C(O)Cc1nnc(Cc2nc3ccc(Br)c(F)c3s2)o1. The van der Waals surface area contributed by atoms with Crippen molar-refractivity contribution in [3.8, 4) is 0 Å². The van der Waals surface area contributed by atoms with Crippen LogP contribution in [0.1, 0.15) is 16.8 Å². The average Bonchev–Trinajstić information content (AvgIpc) is 3.01. The van der Waals surface area contributed by atoms with Crippen LogP contribution in [0.2, 0.25) is 0 Å². The first-order chi connectivity index (χ1) is 10.0. The van der Waals surface area contributed by atoms with E-state index in [9.17, 15) is 9.18 Å². The highest BCUT2D eigenvalue weighted by Gasteiger charge is 2.15. The highest BCUT2D eigenvalue weighted by atomic mass is 79.9. The van der Waals surface area contributed by atoms with Crippen LogP contribution in [0.15, 0.2) is 21.0 Å². The summed E-state index contributed by atoms with van der Waals surface area (Å²) in [5, 5.41) is 16.6. The lowest BCUT2D eigenvalue weighted by atomic mass is 10.3. The Morgan fingerprint density at radius 2 is 2.14 bits per heavy atom. The third-order valence-corrected chi connectivity index (χ3v) is 4.28. The zero-order valence-corrected chi connectivity index (χ0v) is 12.7. The van der Waals surface area contributed by atoms with Gasteiger partial charge in [0, 0.05) is 0 Å². The third-order valence-electron chi connectivity index (χ3n) is 2.61. The van der Waals surface area contributed by atoms with Crippen molar-refractivity contribution in [3.63, 3.8) is 0 Å². The molecule has 0 aliphatic carbocycles. The molecule has 0 atom stereocenters. The molecule has 108 valence electrons. The minimum Gasteiger partial charge on any atom is -0.481 e. The summed E-state index contributed by atoms with van der Waals surface area (Å²) in [5.41, 5.74) is 0.556. The molecule has 3 aromatic rings. The van der Waals surface area contributed by atoms with E-state index < -0.39 is 5.97 Å². The van der Waals surface area contributed by atoms with Crippen molar-refractivity contribution in [1.82, 2.24) is 15.2 Å². The molecule has 21 heavy (non-hydrogen) atoms. The van der Waals surface area contributed by atoms with Crippen LogP contribution in [-0.4, -0.2) is 26.3 Å². The van der Waals surface area contributed by atoms with Gasteiger partial charge in [-0.25, -0.2) is 9.37 Å². The Morgan fingerprint density at radius 1 is 1.38 bits per heavy atom. The molecular weight excluding hydrogens is 365 g/mol. The van der Waals surface area contributed by atoms with E-state index >= 15 is 0 Å². The molecule has 0 fully saturated rings. The van der Waals surface area contributed by atoms with E-state index in [1.54, 1.807) is 12.1 Å². The van der Waals surface area contributed by atoms with Gasteiger partial charge in [0.05, 0.1) is 21.1 Å². The summed E-state index contributed by atoms with van der Waals surface area (Å²) in [7, 11) is 0. The van der Waals surface area contributed by atoms with Gasteiger partial charge in [-0.05, 0) is 28.1 Å². The van der Waals surface area contributed by atoms with Crippen LogP contribution in [0, 0.1) is 5.82 Å². The number of halogens is 2. The Labute approximate surface area is 129 Å². The van der Waals surface area contributed by atoms with Crippen molar-refractivity contribution in [3.05, 3.63) is 39.2 Å². The van der Waals surface area contributed by atoms with Gasteiger partial charge in [0.15, 0.2) is 5.82 Å². The molecule has 0 bridgehead atoms. The molecule has 0 aliphatic rings. The molecule has 1 N–H and O–H groups in total. The van der Waals surface area contributed by atoms with Crippen LogP contribution < -0.4 is 0 Å². The first-order valence-electron chi connectivity index (χ1n) is 5.79. The molecule has 0 saturated heterocycles. The quantitative estimate of drug-likeness (QED) is 0.758. The molecular formula is C12H7BrFN3O3S. The predicted octanol–water partition coefficient (Wildman–Crippen LogP) is 2.80. The number of benzene rings is 1. The molecule has 3 rings (SSSR count). The van der Waals surface area contributed by atoms with Crippen LogP contribution in [0.4, 0.5) is 4.39 Å². The molecule has 1 aromatic carbocycles. The number of hydrogen-bond acceptors (Lipinski definition) is 6. The monoisotopic (exact) mass is 371 g/mol. The lowest BCUT2D eigenvalue weighted by Crippen LogP contribution is -1.99. The Balaban J connectivity index is 1.86. The molecule has 2 aromatic heterocycles. The van der Waals surface area contributed by atoms with Crippen LogP contribution >= 0.6 is 27.3 Å². The summed E-state index contributed by atoms with van der Waals surface area (Å²) in [6.45, 7) is 0. The molecule has 0 saturated carbocycles. The standard InChI is InChI=1S/C12H7BrFN3O3S/c13-5-1-2-6-12(11(5)14)21-9(15-6)3-7-16-17-8(20-7)4-10(18)19/h1-2H,3-4H2,(H,18,19). The molecule has 0 unspecified atom stereocenters. The van der Waals surface area contributed by atoms with Gasteiger partial charge in [-0.1, -0.05) is 0 Å². The molecule has 0 spiro atoms. The molecule has 0 amide bonds. The van der Waals surface area contributed by atoms with Crippen molar-refractivity contribution in [1.29, 1.82) is 0 Å². The van der Waals surface area contributed by atoms with Gasteiger partial charge >= 0.3 is 5.97 Å². The normalized spacial score (nSPS) is 11.1. The lowest BCUT2D eigenvalue weighted by Gasteiger charge is -1.92. The van der Waals surface area contributed by atoms with E-state index in [2.05, 4.69) is 31.1 Å². The van der Waals surface area contributed by atoms with Gasteiger partial charge in [0.25, 0.3) is 0 Å². The Kier molecular flexibility index (Phi) is 3.68. The van der Waals surface area contributed by atoms with E-state index in [1.165, 1.54) is 11.3 Å². The van der Waals surface area contributed by atoms with Crippen LogP contribution in [-0.2, 0) is 17.6 Å². The molecule has 0 radical (unpaired) electrons. The second-order valence-electron chi connectivity index (χ2n) is 4.15.